The Morgan fingerprint density at radius 2 is 2.00 bits per heavy atom. The predicted molar refractivity (Wildman–Crippen MR) is 73.8 cm³/mol. The van der Waals surface area contributed by atoms with E-state index in [1.54, 1.807) is 4.90 Å². The number of nitrogens with zero attached hydrogens (tertiary/aromatic N) is 1. The SMILES string of the molecule is O=C(O)c1cc(NC(=O)N2CCC(CO)CC2)ccc1F. The molecule has 1 saturated heterocycles. The molecule has 0 radical (unpaired) electrons. The van der Waals surface area contributed by atoms with Crippen LogP contribution in [0, 0.1) is 11.7 Å². The number of rotatable bonds is 3. The molecular weight excluding hydrogens is 279 g/mol. The first kappa shape index (κ1) is 15.2. The second kappa shape index (κ2) is 6.53. The summed E-state index contributed by atoms with van der Waals surface area (Å²) >= 11 is 0. The maximum atomic E-state index is 13.3. The molecule has 0 aromatic heterocycles. The summed E-state index contributed by atoms with van der Waals surface area (Å²) < 4.78 is 13.3. The van der Waals surface area contributed by atoms with Gasteiger partial charge in [-0.2, -0.15) is 0 Å². The quantitative estimate of drug-likeness (QED) is 0.793. The Kier molecular flexibility index (Phi) is 4.74. The third-order valence-corrected chi connectivity index (χ3v) is 3.61. The number of likely N-dealkylation sites (tertiary alicyclic amines) is 1. The van der Waals surface area contributed by atoms with Crippen molar-refractivity contribution in [1.29, 1.82) is 0 Å². The van der Waals surface area contributed by atoms with Crippen molar-refractivity contribution in [1.82, 2.24) is 4.90 Å². The molecule has 0 spiro atoms. The molecule has 3 N–H and O–H groups in total. The fraction of sp³-hybridized carbons (Fsp3) is 0.429. The van der Waals surface area contributed by atoms with Crippen molar-refractivity contribution >= 4 is 17.7 Å². The predicted octanol–water partition coefficient (Wildman–Crippen LogP) is 1.76. The van der Waals surface area contributed by atoms with Gasteiger partial charge in [-0.1, -0.05) is 0 Å². The van der Waals surface area contributed by atoms with Gasteiger partial charge in [0.2, 0.25) is 0 Å². The highest BCUT2D eigenvalue weighted by atomic mass is 19.1. The number of amides is 2. The van der Waals surface area contributed by atoms with Crippen LogP contribution < -0.4 is 5.32 Å². The third kappa shape index (κ3) is 3.69. The van der Waals surface area contributed by atoms with E-state index in [1.807, 2.05) is 0 Å². The summed E-state index contributed by atoms with van der Waals surface area (Å²) in [6.07, 6.45) is 1.46. The Morgan fingerprint density at radius 3 is 2.57 bits per heavy atom. The van der Waals surface area contributed by atoms with Gasteiger partial charge in [-0.05, 0) is 37.0 Å². The molecule has 0 aliphatic carbocycles. The Morgan fingerprint density at radius 1 is 1.33 bits per heavy atom. The van der Waals surface area contributed by atoms with Crippen molar-refractivity contribution in [2.24, 2.45) is 5.92 Å². The van der Waals surface area contributed by atoms with E-state index in [1.165, 1.54) is 6.07 Å². The number of anilines is 1. The van der Waals surface area contributed by atoms with Gasteiger partial charge in [0.1, 0.15) is 5.82 Å². The van der Waals surface area contributed by atoms with Gasteiger partial charge in [-0.15, -0.1) is 0 Å². The number of carbonyl (C=O) groups excluding carboxylic acids is 1. The van der Waals surface area contributed by atoms with Crippen LogP contribution in [0.1, 0.15) is 23.2 Å². The monoisotopic (exact) mass is 296 g/mol. The highest BCUT2D eigenvalue weighted by molar-refractivity contribution is 5.93. The molecule has 1 heterocycles. The summed E-state index contributed by atoms with van der Waals surface area (Å²) in [4.78, 5) is 24.5. The smallest absolute Gasteiger partial charge is 0.338 e. The molecule has 0 saturated carbocycles. The summed E-state index contributed by atoms with van der Waals surface area (Å²) in [5.41, 5.74) is -0.241. The highest BCUT2D eigenvalue weighted by Crippen LogP contribution is 2.19. The molecule has 2 amide bonds. The third-order valence-electron chi connectivity index (χ3n) is 3.61. The number of carbonyl (C=O) groups is 2. The molecule has 1 aromatic rings. The standard InChI is InChI=1S/C14H17FN2O4/c15-12-2-1-10(7-11(12)13(19)20)16-14(21)17-5-3-9(8-18)4-6-17/h1-2,7,9,18H,3-6,8H2,(H,16,21)(H,19,20). The van der Waals surface area contributed by atoms with E-state index in [-0.39, 0.29) is 24.2 Å². The summed E-state index contributed by atoms with van der Waals surface area (Å²) in [5.74, 6) is -2.00. The zero-order valence-corrected chi connectivity index (χ0v) is 11.4. The number of carboxylic acid groups (broad SMARTS) is 1. The number of hydrogen-bond donors (Lipinski definition) is 3. The molecule has 1 aliphatic heterocycles. The van der Waals surface area contributed by atoms with Gasteiger partial charge in [-0.3, -0.25) is 0 Å². The molecule has 0 bridgehead atoms. The minimum absolute atomic E-state index is 0.120. The molecule has 1 fully saturated rings. The molecule has 114 valence electrons. The first-order valence-electron chi connectivity index (χ1n) is 6.71. The van der Waals surface area contributed by atoms with Crippen molar-refractivity contribution in [2.45, 2.75) is 12.8 Å². The Balaban J connectivity index is 2.00. The topological polar surface area (TPSA) is 89.9 Å². The number of carboxylic acids is 1. The zero-order valence-electron chi connectivity index (χ0n) is 11.4. The van der Waals surface area contributed by atoms with E-state index < -0.39 is 17.3 Å². The van der Waals surface area contributed by atoms with Crippen molar-refractivity contribution < 1.29 is 24.2 Å². The molecule has 0 atom stereocenters. The van der Waals surface area contributed by atoms with E-state index >= 15 is 0 Å². The van der Waals surface area contributed by atoms with Gasteiger partial charge >= 0.3 is 12.0 Å². The Labute approximate surface area is 121 Å². The molecule has 0 unspecified atom stereocenters. The average Bonchev–Trinajstić information content (AvgIpc) is 2.49. The van der Waals surface area contributed by atoms with Crippen LogP contribution in [0.5, 0.6) is 0 Å². The minimum atomic E-state index is -1.38. The van der Waals surface area contributed by atoms with Crippen LogP contribution >= 0.6 is 0 Å². The summed E-state index contributed by atoms with van der Waals surface area (Å²) in [6.45, 7) is 1.18. The fourth-order valence-corrected chi connectivity index (χ4v) is 2.29. The van der Waals surface area contributed by atoms with Gasteiger partial charge in [0.05, 0.1) is 5.56 Å². The molecule has 6 nitrogen and oxygen atoms in total. The molecular formula is C14H17FN2O4. The van der Waals surface area contributed by atoms with Crippen molar-refractivity contribution in [2.75, 3.05) is 25.0 Å². The van der Waals surface area contributed by atoms with E-state index in [2.05, 4.69) is 5.32 Å². The van der Waals surface area contributed by atoms with Gasteiger partial charge < -0.3 is 20.4 Å². The summed E-state index contributed by atoms with van der Waals surface area (Å²) in [6, 6.07) is 3.07. The molecule has 2 rings (SSSR count). The van der Waals surface area contributed by atoms with Crippen LogP contribution in [-0.2, 0) is 0 Å². The first-order chi connectivity index (χ1) is 10.0. The number of piperidine rings is 1. The Hall–Kier alpha value is -2.15. The lowest BCUT2D eigenvalue weighted by Gasteiger charge is -2.31. The number of nitrogens with one attached hydrogen (secondary N) is 1. The van der Waals surface area contributed by atoms with Gasteiger partial charge in [0.25, 0.3) is 0 Å². The van der Waals surface area contributed by atoms with E-state index in [9.17, 15) is 14.0 Å². The van der Waals surface area contributed by atoms with Gasteiger partial charge in [0.15, 0.2) is 0 Å². The van der Waals surface area contributed by atoms with E-state index in [0.29, 0.717) is 13.1 Å². The van der Waals surface area contributed by atoms with Gasteiger partial charge in [0, 0.05) is 25.4 Å². The fourth-order valence-electron chi connectivity index (χ4n) is 2.29. The largest absolute Gasteiger partial charge is 0.478 e. The zero-order chi connectivity index (χ0) is 15.4. The van der Waals surface area contributed by atoms with Crippen LogP contribution in [-0.4, -0.2) is 46.8 Å². The lowest BCUT2D eigenvalue weighted by molar-refractivity contribution is 0.0692. The number of urea groups is 1. The highest BCUT2D eigenvalue weighted by Gasteiger charge is 2.22. The van der Waals surface area contributed by atoms with Crippen LogP contribution in [0.15, 0.2) is 18.2 Å². The number of aliphatic hydroxyl groups is 1. The number of aliphatic hydroxyl groups excluding tert-OH is 1. The minimum Gasteiger partial charge on any atom is -0.478 e. The van der Waals surface area contributed by atoms with Crippen molar-refractivity contribution in [3.63, 3.8) is 0 Å². The number of halogens is 1. The first-order valence-corrected chi connectivity index (χ1v) is 6.71. The van der Waals surface area contributed by atoms with E-state index in [0.717, 1.165) is 25.0 Å². The second-order valence-corrected chi connectivity index (χ2v) is 5.04. The van der Waals surface area contributed by atoms with Crippen LogP contribution in [0.4, 0.5) is 14.9 Å². The lowest BCUT2D eigenvalue weighted by Crippen LogP contribution is -2.41. The maximum Gasteiger partial charge on any atom is 0.338 e. The molecule has 7 heteroatoms. The average molecular weight is 296 g/mol. The molecule has 1 aliphatic rings. The molecule has 21 heavy (non-hydrogen) atoms. The van der Waals surface area contributed by atoms with Crippen molar-refractivity contribution in [3.8, 4) is 0 Å². The number of benzene rings is 1. The van der Waals surface area contributed by atoms with Crippen LogP contribution in [0.3, 0.4) is 0 Å². The number of hydrogen-bond acceptors (Lipinski definition) is 3. The normalized spacial score (nSPS) is 15.8. The van der Waals surface area contributed by atoms with Gasteiger partial charge in [-0.25, -0.2) is 14.0 Å². The summed E-state index contributed by atoms with van der Waals surface area (Å²) in [7, 11) is 0. The van der Waals surface area contributed by atoms with E-state index in [4.69, 9.17) is 10.2 Å². The number of aromatic carboxylic acids is 1. The van der Waals surface area contributed by atoms with Crippen molar-refractivity contribution in [3.05, 3.63) is 29.6 Å². The summed E-state index contributed by atoms with van der Waals surface area (Å²) in [5, 5.41) is 20.5. The maximum absolute atomic E-state index is 13.3. The van der Waals surface area contributed by atoms with Crippen LogP contribution in [0.25, 0.3) is 0 Å². The van der Waals surface area contributed by atoms with Crippen LogP contribution in [0.2, 0.25) is 0 Å². The lowest BCUT2D eigenvalue weighted by atomic mass is 9.98. The Bertz CT molecular complexity index is 542. The second-order valence-electron chi connectivity index (χ2n) is 5.04. The molecule has 1 aromatic carbocycles.